The second-order valence-corrected chi connectivity index (χ2v) is 5.01. The lowest BCUT2D eigenvalue weighted by Gasteiger charge is -2.00. The third-order valence-electron chi connectivity index (χ3n) is 2.64. The van der Waals surface area contributed by atoms with Crippen molar-refractivity contribution in [3.63, 3.8) is 0 Å². The summed E-state index contributed by atoms with van der Waals surface area (Å²) in [7, 11) is 0. The molecule has 0 saturated carbocycles. The Kier molecular flexibility index (Phi) is 4.46. The first kappa shape index (κ1) is 14.2. The second-order valence-electron chi connectivity index (χ2n) is 4.07. The fourth-order valence-electron chi connectivity index (χ4n) is 1.56. The van der Waals surface area contributed by atoms with Crippen molar-refractivity contribution in [1.82, 2.24) is 20.5 Å². The minimum Gasteiger partial charge on any atom is -0.476 e. The van der Waals surface area contributed by atoms with Gasteiger partial charge in [0.05, 0.1) is 5.01 Å². The van der Waals surface area contributed by atoms with E-state index in [1.807, 2.05) is 6.92 Å². The molecule has 7 nitrogen and oxygen atoms in total. The van der Waals surface area contributed by atoms with Gasteiger partial charge in [-0.1, -0.05) is 6.92 Å². The zero-order valence-corrected chi connectivity index (χ0v) is 11.7. The highest BCUT2D eigenvalue weighted by Gasteiger charge is 2.11. The Balaban J connectivity index is 1.82. The molecular formula is C12H14N4O3S. The summed E-state index contributed by atoms with van der Waals surface area (Å²) < 4.78 is 0. The molecule has 0 unspecified atom stereocenters. The average Bonchev–Trinajstić information content (AvgIpc) is 3.07. The Morgan fingerprint density at radius 2 is 2.25 bits per heavy atom. The number of aryl methyl sites for hydroxylation is 1. The van der Waals surface area contributed by atoms with Crippen LogP contribution in [-0.4, -0.2) is 38.7 Å². The van der Waals surface area contributed by atoms with Crippen LogP contribution in [0.1, 0.15) is 38.6 Å². The second kappa shape index (κ2) is 6.29. The number of H-pyrrole nitrogens is 1. The Labute approximate surface area is 119 Å². The number of amides is 1. The molecule has 0 bridgehead atoms. The van der Waals surface area contributed by atoms with E-state index in [-0.39, 0.29) is 11.6 Å². The van der Waals surface area contributed by atoms with Gasteiger partial charge in [0.25, 0.3) is 5.91 Å². The summed E-state index contributed by atoms with van der Waals surface area (Å²) in [5.74, 6) is -1.30. The number of nitrogens with one attached hydrogen (secondary N) is 2. The number of thiazole rings is 1. The van der Waals surface area contributed by atoms with Gasteiger partial charge in [-0.15, -0.1) is 11.3 Å². The van der Waals surface area contributed by atoms with Gasteiger partial charge in [-0.25, -0.2) is 9.78 Å². The summed E-state index contributed by atoms with van der Waals surface area (Å²) in [6.45, 7) is 2.36. The molecule has 0 aromatic carbocycles. The number of carbonyl (C=O) groups is 2. The Bertz CT molecular complexity index is 620. The molecule has 2 rings (SSSR count). The molecule has 0 aliphatic heterocycles. The topological polar surface area (TPSA) is 108 Å². The number of aromatic carboxylic acids is 1. The van der Waals surface area contributed by atoms with Crippen molar-refractivity contribution in [3.05, 3.63) is 33.5 Å². The van der Waals surface area contributed by atoms with E-state index < -0.39 is 5.97 Å². The number of rotatable bonds is 6. The summed E-state index contributed by atoms with van der Waals surface area (Å²) in [4.78, 5) is 26.4. The number of carboxylic acids is 1. The van der Waals surface area contributed by atoms with Crippen LogP contribution in [0.4, 0.5) is 0 Å². The summed E-state index contributed by atoms with van der Waals surface area (Å²) in [5, 5.41) is 20.3. The average molecular weight is 294 g/mol. The molecular weight excluding hydrogens is 280 g/mol. The molecule has 2 aromatic heterocycles. The zero-order chi connectivity index (χ0) is 14.5. The van der Waals surface area contributed by atoms with Gasteiger partial charge >= 0.3 is 5.97 Å². The number of carboxylic acid groups (broad SMARTS) is 1. The molecule has 0 atom stereocenters. The number of hydrogen-bond donors (Lipinski definition) is 3. The van der Waals surface area contributed by atoms with Crippen molar-refractivity contribution in [3.8, 4) is 0 Å². The Morgan fingerprint density at radius 1 is 1.45 bits per heavy atom. The maximum absolute atomic E-state index is 11.8. The number of aromatic nitrogens is 3. The largest absolute Gasteiger partial charge is 0.476 e. The van der Waals surface area contributed by atoms with Crippen LogP contribution in [0.2, 0.25) is 0 Å². The number of aromatic amines is 1. The van der Waals surface area contributed by atoms with Crippen LogP contribution < -0.4 is 5.32 Å². The van der Waals surface area contributed by atoms with Crippen LogP contribution >= 0.6 is 11.3 Å². The van der Waals surface area contributed by atoms with Crippen LogP contribution in [0.5, 0.6) is 0 Å². The Hall–Kier alpha value is -2.22. The van der Waals surface area contributed by atoms with Gasteiger partial charge in [0, 0.05) is 24.0 Å². The highest BCUT2D eigenvalue weighted by atomic mass is 32.1. The summed E-state index contributed by atoms with van der Waals surface area (Å²) >= 11 is 1.27. The van der Waals surface area contributed by atoms with E-state index in [1.54, 1.807) is 6.07 Å². The van der Waals surface area contributed by atoms with Crippen LogP contribution in [0, 0.1) is 0 Å². The highest BCUT2D eigenvalue weighted by Crippen LogP contribution is 2.10. The first-order valence-corrected chi connectivity index (χ1v) is 6.98. The van der Waals surface area contributed by atoms with Crippen LogP contribution in [0.25, 0.3) is 0 Å². The van der Waals surface area contributed by atoms with E-state index in [2.05, 4.69) is 20.5 Å². The molecule has 0 aliphatic rings. The van der Waals surface area contributed by atoms with Crippen LogP contribution in [-0.2, 0) is 12.8 Å². The predicted octanol–water partition coefficient (Wildman–Crippen LogP) is 1.10. The third kappa shape index (κ3) is 3.41. The lowest BCUT2D eigenvalue weighted by molar-refractivity contribution is 0.0690. The lowest BCUT2D eigenvalue weighted by atomic mass is 10.3. The molecule has 20 heavy (non-hydrogen) atoms. The van der Waals surface area contributed by atoms with E-state index in [4.69, 9.17) is 5.11 Å². The molecule has 8 heteroatoms. The molecule has 0 spiro atoms. The Morgan fingerprint density at radius 3 is 2.85 bits per heavy atom. The van der Waals surface area contributed by atoms with Gasteiger partial charge in [0.2, 0.25) is 0 Å². The van der Waals surface area contributed by atoms with E-state index in [1.165, 1.54) is 16.7 Å². The maximum Gasteiger partial charge on any atom is 0.355 e. The molecule has 2 heterocycles. The van der Waals surface area contributed by atoms with Gasteiger partial charge in [-0.2, -0.15) is 5.10 Å². The van der Waals surface area contributed by atoms with Crippen molar-refractivity contribution in [2.24, 2.45) is 0 Å². The zero-order valence-electron chi connectivity index (χ0n) is 10.8. The summed E-state index contributed by atoms with van der Waals surface area (Å²) in [6.07, 6.45) is 1.28. The SMILES string of the molecule is CCc1cc(C(=O)NCCc2nc(C(=O)O)cs2)n[nH]1. The molecule has 106 valence electrons. The van der Waals surface area contributed by atoms with E-state index in [0.717, 1.165) is 12.1 Å². The molecule has 2 aromatic rings. The van der Waals surface area contributed by atoms with Gasteiger partial charge < -0.3 is 10.4 Å². The standard InChI is InChI=1S/C12H14N4O3S/c1-2-7-5-8(16-15-7)11(17)13-4-3-10-14-9(6-20-10)12(18)19/h5-6H,2-4H2,1H3,(H,13,17)(H,15,16)(H,18,19). The molecule has 0 fully saturated rings. The van der Waals surface area contributed by atoms with E-state index in [9.17, 15) is 9.59 Å². The first-order valence-electron chi connectivity index (χ1n) is 6.10. The van der Waals surface area contributed by atoms with Crippen molar-refractivity contribution < 1.29 is 14.7 Å². The van der Waals surface area contributed by atoms with Crippen LogP contribution in [0.3, 0.4) is 0 Å². The number of hydrogen-bond acceptors (Lipinski definition) is 5. The smallest absolute Gasteiger partial charge is 0.355 e. The normalized spacial score (nSPS) is 10.4. The molecule has 0 radical (unpaired) electrons. The van der Waals surface area contributed by atoms with Crippen molar-refractivity contribution in [1.29, 1.82) is 0 Å². The highest BCUT2D eigenvalue weighted by molar-refractivity contribution is 7.09. The fourth-order valence-corrected chi connectivity index (χ4v) is 2.33. The molecule has 0 saturated heterocycles. The van der Waals surface area contributed by atoms with Crippen molar-refractivity contribution in [2.75, 3.05) is 6.54 Å². The monoisotopic (exact) mass is 294 g/mol. The lowest BCUT2D eigenvalue weighted by Crippen LogP contribution is -2.26. The first-order chi connectivity index (χ1) is 9.60. The predicted molar refractivity (Wildman–Crippen MR) is 73.1 cm³/mol. The maximum atomic E-state index is 11.8. The van der Waals surface area contributed by atoms with Gasteiger partial charge in [0.15, 0.2) is 5.69 Å². The quantitative estimate of drug-likeness (QED) is 0.739. The molecule has 1 amide bonds. The minimum absolute atomic E-state index is 0.0382. The van der Waals surface area contributed by atoms with Crippen molar-refractivity contribution >= 4 is 23.2 Å². The van der Waals surface area contributed by atoms with Gasteiger partial charge in [0.1, 0.15) is 5.69 Å². The van der Waals surface area contributed by atoms with Gasteiger partial charge in [-0.3, -0.25) is 9.89 Å². The van der Waals surface area contributed by atoms with Crippen molar-refractivity contribution in [2.45, 2.75) is 19.8 Å². The number of nitrogens with zero attached hydrogens (tertiary/aromatic N) is 2. The summed E-state index contributed by atoms with van der Waals surface area (Å²) in [6, 6.07) is 1.71. The minimum atomic E-state index is -1.04. The van der Waals surface area contributed by atoms with Gasteiger partial charge in [-0.05, 0) is 12.5 Å². The molecule has 3 N–H and O–H groups in total. The third-order valence-corrected chi connectivity index (χ3v) is 3.55. The number of carbonyl (C=O) groups excluding carboxylic acids is 1. The van der Waals surface area contributed by atoms with E-state index in [0.29, 0.717) is 23.7 Å². The summed E-state index contributed by atoms with van der Waals surface area (Å²) in [5.41, 5.74) is 1.30. The molecule has 0 aliphatic carbocycles. The van der Waals surface area contributed by atoms with E-state index >= 15 is 0 Å². The van der Waals surface area contributed by atoms with Crippen LogP contribution in [0.15, 0.2) is 11.4 Å². The fraction of sp³-hybridized carbons (Fsp3) is 0.333.